The standard InChI is InChI=1S/C15H20F3NO/c1-11(19-14(2)7-9-20-10-8-14)12-3-5-13(6-4-12)15(16,17)18/h3-6,11,19H,7-10H2,1-2H3. The minimum Gasteiger partial charge on any atom is -0.381 e. The van der Waals surface area contributed by atoms with Crippen LogP contribution in [0, 0.1) is 0 Å². The van der Waals surface area contributed by atoms with Crippen molar-refractivity contribution in [3.63, 3.8) is 0 Å². The Balaban J connectivity index is 2.04. The highest BCUT2D eigenvalue weighted by atomic mass is 19.4. The molecule has 5 heteroatoms. The number of halogens is 3. The maximum atomic E-state index is 12.5. The summed E-state index contributed by atoms with van der Waals surface area (Å²) >= 11 is 0. The van der Waals surface area contributed by atoms with E-state index in [1.165, 1.54) is 0 Å². The smallest absolute Gasteiger partial charge is 0.381 e. The van der Waals surface area contributed by atoms with Gasteiger partial charge in [-0.05, 0) is 44.4 Å². The van der Waals surface area contributed by atoms with Crippen molar-refractivity contribution in [2.45, 2.75) is 44.4 Å². The molecule has 1 atom stereocenters. The zero-order valence-electron chi connectivity index (χ0n) is 11.8. The van der Waals surface area contributed by atoms with Gasteiger partial charge in [-0.1, -0.05) is 12.1 Å². The maximum absolute atomic E-state index is 12.5. The van der Waals surface area contributed by atoms with Crippen molar-refractivity contribution in [2.24, 2.45) is 0 Å². The maximum Gasteiger partial charge on any atom is 0.416 e. The molecule has 1 unspecified atom stereocenters. The molecule has 0 aromatic heterocycles. The molecule has 1 aliphatic rings. The number of alkyl halides is 3. The Bertz CT molecular complexity index is 435. The molecule has 0 spiro atoms. The van der Waals surface area contributed by atoms with E-state index >= 15 is 0 Å². The number of hydrogen-bond donors (Lipinski definition) is 1. The third-order valence-corrected chi connectivity index (χ3v) is 3.90. The third-order valence-electron chi connectivity index (χ3n) is 3.90. The normalized spacial score (nSPS) is 20.6. The van der Waals surface area contributed by atoms with E-state index in [-0.39, 0.29) is 11.6 Å². The molecule has 0 radical (unpaired) electrons. The van der Waals surface area contributed by atoms with Crippen LogP contribution < -0.4 is 5.32 Å². The van der Waals surface area contributed by atoms with Gasteiger partial charge in [0.25, 0.3) is 0 Å². The van der Waals surface area contributed by atoms with Crippen molar-refractivity contribution in [2.75, 3.05) is 13.2 Å². The molecule has 1 fully saturated rings. The van der Waals surface area contributed by atoms with Crippen LogP contribution >= 0.6 is 0 Å². The fraction of sp³-hybridized carbons (Fsp3) is 0.600. The third kappa shape index (κ3) is 3.73. The van der Waals surface area contributed by atoms with E-state index in [4.69, 9.17) is 4.74 Å². The highest BCUT2D eigenvalue weighted by Gasteiger charge is 2.31. The predicted octanol–water partition coefficient (Wildman–Crippen LogP) is 3.93. The van der Waals surface area contributed by atoms with Gasteiger partial charge in [0.1, 0.15) is 0 Å². The van der Waals surface area contributed by atoms with Gasteiger partial charge in [0.05, 0.1) is 5.56 Å². The molecule has 0 saturated carbocycles. The molecule has 1 aromatic rings. The van der Waals surface area contributed by atoms with Crippen LogP contribution in [0.5, 0.6) is 0 Å². The lowest BCUT2D eigenvalue weighted by atomic mass is 9.90. The van der Waals surface area contributed by atoms with Crippen LogP contribution in [0.1, 0.15) is 43.9 Å². The SMILES string of the molecule is CC(NC1(C)CCOCC1)c1ccc(C(F)(F)F)cc1. The van der Waals surface area contributed by atoms with Crippen molar-refractivity contribution in [3.8, 4) is 0 Å². The second-order valence-corrected chi connectivity index (χ2v) is 5.66. The van der Waals surface area contributed by atoms with Crippen molar-refractivity contribution in [3.05, 3.63) is 35.4 Å². The fourth-order valence-corrected chi connectivity index (χ4v) is 2.53. The average molecular weight is 287 g/mol. The van der Waals surface area contributed by atoms with Crippen molar-refractivity contribution in [1.29, 1.82) is 0 Å². The topological polar surface area (TPSA) is 21.3 Å². The summed E-state index contributed by atoms with van der Waals surface area (Å²) in [7, 11) is 0. The molecular formula is C15H20F3NO. The molecule has 2 nitrogen and oxygen atoms in total. The molecule has 1 aliphatic heterocycles. The Labute approximate surface area is 117 Å². The molecule has 0 aliphatic carbocycles. The second kappa shape index (κ2) is 5.74. The average Bonchev–Trinajstić information content (AvgIpc) is 2.38. The zero-order chi connectivity index (χ0) is 14.8. The largest absolute Gasteiger partial charge is 0.416 e. The minimum absolute atomic E-state index is 0.0135. The molecule has 1 saturated heterocycles. The Kier molecular flexibility index (Phi) is 4.39. The van der Waals surface area contributed by atoms with Gasteiger partial charge in [-0.3, -0.25) is 0 Å². The van der Waals surface area contributed by atoms with Crippen LogP contribution in [-0.4, -0.2) is 18.8 Å². The first-order chi connectivity index (χ1) is 9.30. The Hall–Kier alpha value is -1.07. The number of benzene rings is 1. The Morgan fingerprint density at radius 1 is 1.15 bits per heavy atom. The molecule has 1 heterocycles. The molecule has 2 rings (SSSR count). The zero-order valence-corrected chi connectivity index (χ0v) is 11.8. The summed E-state index contributed by atoms with van der Waals surface area (Å²) in [6.07, 6.45) is -2.45. The first-order valence-corrected chi connectivity index (χ1v) is 6.83. The Morgan fingerprint density at radius 2 is 1.70 bits per heavy atom. The van der Waals surface area contributed by atoms with Gasteiger partial charge in [-0.15, -0.1) is 0 Å². The van der Waals surface area contributed by atoms with Crippen LogP contribution in [-0.2, 0) is 10.9 Å². The fourth-order valence-electron chi connectivity index (χ4n) is 2.53. The van der Waals surface area contributed by atoms with E-state index in [1.807, 2.05) is 6.92 Å². The van der Waals surface area contributed by atoms with Crippen LogP contribution in [0.25, 0.3) is 0 Å². The quantitative estimate of drug-likeness (QED) is 0.909. The molecular weight excluding hydrogens is 267 g/mol. The van der Waals surface area contributed by atoms with Crippen molar-refractivity contribution < 1.29 is 17.9 Å². The molecule has 1 aromatic carbocycles. The lowest BCUT2D eigenvalue weighted by Gasteiger charge is -2.37. The first kappa shape index (κ1) is 15.3. The lowest BCUT2D eigenvalue weighted by molar-refractivity contribution is -0.137. The summed E-state index contributed by atoms with van der Waals surface area (Å²) in [6.45, 7) is 5.56. The van der Waals surface area contributed by atoms with Gasteiger partial charge >= 0.3 is 6.18 Å². The molecule has 20 heavy (non-hydrogen) atoms. The highest BCUT2D eigenvalue weighted by Crippen LogP contribution is 2.30. The molecule has 0 amide bonds. The lowest BCUT2D eigenvalue weighted by Crippen LogP contribution is -2.47. The van der Waals surface area contributed by atoms with Gasteiger partial charge in [-0.25, -0.2) is 0 Å². The van der Waals surface area contributed by atoms with E-state index in [9.17, 15) is 13.2 Å². The van der Waals surface area contributed by atoms with Crippen LogP contribution in [0.3, 0.4) is 0 Å². The van der Waals surface area contributed by atoms with E-state index < -0.39 is 11.7 Å². The van der Waals surface area contributed by atoms with Crippen LogP contribution in [0.4, 0.5) is 13.2 Å². The van der Waals surface area contributed by atoms with Gasteiger partial charge in [0, 0.05) is 24.8 Å². The van der Waals surface area contributed by atoms with Gasteiger partial charge in [0.15, 0.2) is 0 Å². The minimum atomic E-state index is -4.28. The van der Waals surface area contributed by atoms with Gasteiger partial charge in [0.2, 0.25) is 0 Å². The molecule has 1 N–H and O–H groups in total. The first-order valence-electron chi connectivity index (χ1n) is 6.83. The van der Waals surface area contributed by atoms with Gasteiger partial charge in [-0.2, -0.15) is 13.2 Å². The van der Waals surface area contributed by atoms with Crippen molar-refractivity contribution in [1.82, 2.24) is 5.32 Å². The number of ether oxygens (including phenoxy) is 1. The highest BCUT2D eigenvalue weighted by molar-refractivity contribution is 5.26. The predicted molar refractivity (Wildman–Crippen MR) is 71.5 cm³/mol. The monoisotopic (exact) mass is 287 g/mol. The molecule has 112 valence electrons. The second-order valence-electron chi connectivity index (χ2n) is 5.66. The summed E-state index contributed by atoms with van der Waals surface area (Å²) < 4.78 is 42.9. The number of hydrogen-bond acceptors (Lipinski definition) is 2. The summed E-state index contributed by atoms with van der Waals surface area (Å²) in [5.74, 6) is 0. The number of rotatable bonds is 3. The summed E-state index contributed by atoms with van der Waals surface area (Å²) in [6, 6.07) is 5.38. The van der Waals surface area contributed by atoms with E-state index in [1.54, 1.807) is 12.1 Å². The Morgan fingerprint density at radius 3 is 2.20 bits per heavy atom. The summed E-state index contributed by atoms with van der Waals surface area (Å²) in [4.78, 5) is 0. The summed E-state index contributed by atoms with van der Waals surface area (Å²) in [5, 5.41) is 3.51. The molecule has 0 bridgehead atoms. The number of nitrogens with one attached hydrogen (secondary N) is 1. The van der Waals surface area contributed by atoms with Crippen molar-refractivity contribution >= 4 is 0 Å². The van der Waals surface area contributed by atoms with Crippen LogP contribution in [0.15, 0.2) is 24.3 Å². The van der Waals surface area contributed by atoms with Gasteiger partial charge < -0.3 is 10.1 Å². The van der Waals surface area contributed by atoms with E-state index in [0.29, 0.717) is 0 Å². The summed E-state index contributed by atoms with van der Waals surface area (Å²) in [5.41, 5.74) is 0.247. The van der Waals surface area contributed by atoms with Crippen LogP contribution in [0.2, 0.25) is 0 Å². The van der Waals surface area contributed by atoms with E-state index in [0.717, 1.165) is 43.8 Å². The van der Waals surface area contributed by atoms with E-state index in [2.05, 4.69) is 12.2 Å².